The zero-order valence-electron chi connectivity index (χ0n) is 18.6. The Morgan fingerprint density at radius 2 is 1.91 bits per heavy atom. The van der Waals surface area contributed by atoms with Crippen molar-refractivity contribution in [3.05, 3.63) is 100.0 Å². The molecule has 0 radical (unpaired) electrons. The van der Waals surface area contributed by atoms with Crippen LogP contribution < -0.4 is 10.9 Å². The minimum absolute atomic E-state index is 0.297. The van der Waals surface area contributed by atoms with E-state index in [1.54, 1.807) is 55.0 Å². The summed E-state index contributed by atoms with van der Waals surface area (Å²) in [5.74, 6) is 2.60. The lowest BCUT2D eigenvalue weighted by Gasteiger charge is -2.20. The number of hydrogen-bond acceptors (Lipinski definition) is 5. The molecule has 1 atom stereocenters. The van der Waals surface area contributed by atoms with E-state index in [9.17, 15) is 9.59 Å². The van der Waals surface area contributed by atoms with Crippen molar-refractivity contribution in [1.82, 2.24) is 29.5 Å². The topological polar surface area (TPSA) is 94.2 Å². The molecule has 0 aliphatic carbocycles. The molecule has 3 aromatic heterocycles. The number of aromatic nitrogens is 5. The maximum absolute atomic E-state index is 13.7. The molecule has 0 saturated carbocycles. The highest BCUT2D eigenvalue weighted by molar-refractivity contribution is 6.01. The molecule has 3 heterocycles. The number of carbonyl (C=O) groups is 1. The van der Waals surface area contributed by atoms with Gasteiger partial charge in [-0.1, -0.05) is 30.2 Å². The minimum atomic E-state index is -0.614. The number of nitrogens with zero attached hydrogens (tertiary/aromatic N) is 5. The van der Waals surface area contributed by atoms with Crippen LogP contribution in [0.2, 0.25) is 0 Å². The second-order valence-electron chi connectivity index (χ2n) is 7.83. The van der Waals surface area contributed by atoms with Crippen molar-refractivity contribution in [2.24, 2.45) is 0 Å². The van der Waals surface area contributed by atoms with Gasteiger partial charge in [-0.2, -0.15) is 5.10 Å². The molecular formula is C26H20N6O2. The lowest BCUT2D eigenvalue weighted by atomic mass is 10.1. The van der Waals surface area contributed by atoms with Crippen LogP contribution in [0.15, 0.2) is 71.8 Å². The van der Waals surface area contributed by atoms with Crippen LogP contribution in [0.1, 0.15) is 40.4 Å². The Labute approximate surface area is 194 Å². The molecule has 0 aliphatic rings. The molecule has 0 fully saturated rings. The second kappa shape index (κ2) is 8.30. The van der Waals surface area contributed by atoms with Crippen LogP contribution in [0, 0.1) is 19.3 Å². The van der Waals surface area contributed by atoms with Gasteiger partial charge in [-0.25, -0.2) is 14.5 Å². The predicted octanol–water partition coefficient (Wildman–Crippen LogP) is 3.21. The fraction of sp³-hybridized carbons (Fsp3) is 0.115. The number of fused-ring (bicyclic) bond motifs is 2. The van der Waals surface area contributed by atoms with Crippen LogP contribution in [0.3, 0.4) is 0 Å². The first kappa shape index (κ1) is 21.1. The average Bonchev–Trinajstić information content (AvgIpc) is 3.19. The summed E-state index contributed by atoms with van der Waals surface area (Å²) >= 11 is 0. The number of terminal acetylenes is 1. The Morgan fingerprint density at radius 1 is 1.12 bits per heavy atom. The number of rotatable bonds is 4. The highest BCUT2D eigenvalue weighted by Gasteiger charge is 2.24. The molecule has 166 valence electrons. The number of benzene rings is 2. The maximum Gasteiger partial charge on any atom is 0.267 e. The first-order valence-electron chi connectivity index (χ1n) is 10.7. The van der Waals surface area contributed by atoms with Gasteiger partial charge < -0.3 is 5.32 Å². The van der Waals surface area contributed by atoms with Crippen LogP contribution >= 0.6 is 0 Å². The van der Waals surface area contributed by atoms with Gasteiger partial charge in [0.15, 0.2) is 5.65 Å². The molecule has 34 heavy (non-hydrogen) atoms. The first-order valence-corrected chi connectivity index (χ1v) is 10.7. The third kappa shape index (κ3) is 3.40. The average molecular weight is 448 g/mol. The van der Waals surface area contributed by atoms with E-state index in [0.29, 0.717) is 44.9 Å². The van der Waals surface area contributed by atoms with E-state index < -0.39 is 6.04 Å². The highest BCUT2D eigenvalue weighted by atomic mass is 16.2. The number of hydrogen-bond donors (Lipinski definition) is 1. The summed E-state index contributed by atoms with van der Waals surface area (Å²) in [5.41, 5.74) is 2.64. The third-order valence-electron chi connectivity index (χ3n) is 5.63. The van der Waals surface area contributed by atoms with Gasteiger partial charge in [0.05, 0.1) is 28.3 Å². The molecule has 2 aromatic carbocycles. The van der Waals surface area contributed by atoms with E-state index in [2.05, 4.69) is 21.3 Å². The monoisotopic (exact) mass is 448 g/mol. The van der Waals surface area contributed by atoms with Gasteiger partial charge >= 0.3 is 0 Å². The van der Waals surface area contributed by atoms with E-state index in [-0.39, 0.29) is 11.5 Å². The molecule has 0 aliphatic heterocycles. The molecule has 5 aromatic rings. The smallest absolute Gasteiger partial charge is 0.267 e. The summed E-state index contributed by atoms with van der Waals surface area (Å²) < 4.78 is 3.06. The molecule has 0 saturated heterocycles. The van der Waals surface area contributed by atoms with Crippen molar-refractivity contribution in [3.8, 4) is 18.0 Å². The molecule has 1 amide bonds. The van der Waals surface area contributed by atoms with Crippen molar-refractivity contribution in [2.75, 3.05) is 0 Å². The summed E-state index contributed by atoms with van der Waals surface area (Å²) in [6, 6.07) is 15.5. The lowest BCUT2D eigenvalue weighted by Crippen LogP contribution is -2.33. The number of nitrogens with one attached hydrogen (secondary N) is 1. The van der Waals surface area contributed by atoms with Crippen LogP contribution in [0.4, 0.5) is 0 Å². The molecule has 0 bridgehead atoms. The molecule has 8 heteroatoms. The Balaban J connectivity index is 1.65. The fourth-order valence-corrected chi connectivity index (χ4v) is 4.08. The second-order valence-corrected chi connectivity index (χ2v) is 7.83. The molecule has 0 unspecified atom stereocenters. The number of amides is 1. The zero-order valence-corrected chi connectivity index (χ0v) is 18.6. The van der Waals surface area contributed by atoms with E-state index in [0.717, 1.165) is 0 Å². The number of carbonyl (C=O) groups excluding carboxylic acids is 1. The Bertz CT molecular complexity index is 1660. The van der Waals surface area contributed by atoms with Crippen molar-refractivity contribution in [3.63, 3.8) is 0 Å². The summed E-state index contributed by atoms with van der Waals surface area (Å²) in [7, 11) is 0. The van der Waals surface area contributed by atoms with Gasteiger partial charge in [0.25, 0.3) is 11.5 Å². The molecule has 0 spiro atoms. The molecule has 1 N–H and O–H groups in total. The summed E-state index contributed by atoms with van der Waals surface area (Å²) in [5, 5.41) is 7.68. The van der Waals surface area contributed by atoms with Crippen LogP contribution in [-0.4, -0.2) is 30.1 Å². The largest absolute Gasteiger partial charge is 0.342 e. The van der Waals surface area contributed by atoms with Crippen molar-refractivity contribution >= 4 is 22.5 Å². The van der Waals surface area contributed by atoms with Crippen LogP contribution in [0.5, 0.6) is 0 Å². The fourth-order valence-electron chi connectivity index (χ4n) is 4.08. The lowest BCUT2D eigenvalue weighted by molar-refractivity contribution is 0.0938. The maximum atomic E-state index is 13.7. The molecule has 5 rings (SSSR count). The van der Waals surface area contributed by atoms with E-state index >= 15 is 0 Å². The van der Waals surface area contributed by atoms with Crippen LogP contribution in [-0.2, 0) is 0 Å². The molecular weight excluding hydrogens is 428 g/mol. The van der Waals surface area contributed by atoms with Crippen LogP contribution in [0.25, 0.3) is 22.2 Å². The van der Waals surface area contributed by atoms with E-state index in [1.165, 1.54) is 4.57 Å². The summed E-state index contributed by atoms with van der Waals surface area (Å²) in [6.45, 7) is 3.54. The third-order valence-corrected chi connectivity index (χ3v) is 5.63. The van der Waals surface area contributed by atoms with Gasteiger partial charge in [-0.05, 0) is 44.2 Å². The van der Waals surface area contributed by atoms with Gasteiger partial charge in [0.1, 0.15) is 11.4 Å². The van der Waals surface area contributed by atoms with Gasteiger partial charge in [0, 0.05) is 18.0 Å². The first-order chi connectivity index (χ1) is 16.5. The predicted molar refractivity (Wildman–Crippen MR) is 129 cm³/mol. The van der Waals surface area contributed by atoms with Crippen molar-refractivity contribution in [2.45, 2.75) is 19.9 Å². The van der Waals surface area contributed by atoms with E-state index in [4.69, 9.17) is 11.4 Å². The van der Waals surface area contributed by atoms with Crippen molar-refractivity contribution in [1.29, 1.82) is 0 Å². The Kier molecular flexibility index (Phi) is 5.15. The SMILES string of the molecule is C#Cc1cccc2nc([C@H](C)NC(=O)c3c(C)nn4cccnc34)n(-c3ccccc3)c(=O)c12. The van der Waals surface area contributed by atoms with E-state index in [1.807, 2.05) is 30.3 Å². The minimum Gasteiger partial charge on any atom is -0.342 e. The van der Waals surface area contributed by atoms with Gasteiger partial charge in [-0.3, -0.25) is 14.2 Å². The number of aryl methyl sites for hydroxylation is 1. The highest BCUT2D eigenvalue weighted by Crippen LogP contribution is 2.21. The Hall–Kier alpha value is -4.77. The zero-order chi connectivity index (χ0) is 23.8. The number of para-hydroxylation sites is 1. The summed E-state index contributed by atoms with van der Waals surface area (Å²) in [4.78, 5) is 36.0. The molecule has 8 nitrogen and oxygen atoms in total. The normalized spacial score (nSPS) is 11.9. The summed E-state index contributed by atoms with van der Waals surface area (Å²) in [6.07, 6.45) is 9.00. The van der Waals surface area contributed by atoms with Gasteiger partial charge in [-0.15, -0.1) is 6.42 Å². The quantitative estimate of drug-likeness (QED) is 0.426. The van der Waals surface area contributed by atoms with Gasteiger partial charge in [0.2, 0.25) is 0 Å². The standard InChI is InChI=1S/C26H20N6O2/c1-4-18-10-8-13-20-22(18)26(34)32(19-11-6-5-7-12-19)23(29-20)17(3)28-25(33)21-16(2)30-31-15-9-14-27-24(21)31/h1,5-15,17H,2-3H3,(H,28,33)/t17-/m0/s1. The Morgan fingerprint density at radius 3 is 2.68 bits per heavy atom. The van der Waals surface area contributed by atoms with Crippen molar-refractivity contribution < 1.29 is 4.79 Å².